The molecule has 102 valence electrons. The maximum Gasteiger partial charge on any atom is 0.323 e. The normalized spacial score (nSPS) is 12.8. The molecule has 0 aliphatic heterocycles. The Morgan fingerprint density at radius 3 is 2.68 bits per heavy atom. The van der Waals surface area contributed by atoms with Crippen molar-refractivity contribution in [3.8, 4) is 0 Å². The number of likely N-dealkylation sites (N-methyl/N-ethyl adjacent to an activating group) is 1. The average Bonchev–Trinajstić information content (AvgIpc) is 2.74. The van der Waals surface area contributed by atoms with Crippen molar-refractivity contribution in [3.63, 3.8) is 0 Å². The van der Waals surface area contributed by atoms with E-state index in [-0.39, 0.29) is 17.6 Å². The highest BCUT2D eigenvalue weighted by Crippen LogP contribution is 2.10. The van der Waals surface area contributed by atoms with Crippen LogP contribution in [0, 0.1) is 0 Å². The first-order valence-corrected chi connectivity index (χ1v) is 6.14. The van der Waals surface area contributed by atoms with Crippen LogP contribution in [0.2, 0.25) is 0 Å². The van der Waals surface area contributed by atoms with Gasteiger partial charge in [0, 0.05) is 18.2 Å². The summed E-state index contributed by atoms with van der Waals surface area (Å²) in [6, 6.07) is 5.35. The smallest absolute Gasteiger partial charge is 0.323 e. The van der Waals surface area contributed by atoms with Crippen molar-refractivity contribution in [2.24, 2.45) is 0 Å². The number of H-pyrrole nitrogens is 2. The summed E-state index contributed by atoms with van der Waals surface area (Å²) in [5.74, 6) is -0.141. The molecule has 1 heterocycles. The Bertz CT molecular complexity index is 641. The van der Waals surface area contributed by atoms with Crippen molar-refractivity contribution in [1.82, 2.24) is 20.2 Å². The molecule has 3 N–H and O–H groups in total. The lowest BCUT2D eigenvalue weighted by atomic mass is 10.2. The standard InChI is InChI=1S/C13H18N4O2/c1-8(17(2)3)7-14-12(18)9-4-5-10-11(6-9)16-13(19)15-10/h4-6,8H,7H2,1-3H3,(H,14,18)(H2,15,16,19). The van der Waals surface area contributed by atoms with Crippen molar-refractivity contribution < 1.29 is 4.79 Å². The van der Waals surface area contributed by atoms with Crippen LogP contribution in [0.3, 0.4) is 0 Å². The number of carbonyl (C=O) groups is 1. The van der Waals surface area contributed by atoms with E-state index in [1.54, 1.807) is 18.2 Å². The summed E-state index contributed by atoms with van der Waals surface area (Å²) in [6.45, 7) is 2.61. The van der Waals surface area contributed by atoms with Crippen LogP contribution in [0.1, 0.15) is 17.3 Å². The molecule has 2 rings (SSSR count). The van der Waals surface area contributed by atoms with Gasteiger partial charge in [-0.3, -0.25) is 4.79 Å². The number of imidazole rings is 1. The van der Waals surface area contributed by atoms with Crippen molar-refractivity contribution in [1.29, 1.82) is 0 Å². The van der Waals surface area contributed by atoms with Gasteiger partial charge in [0.2, 0.25) is 0 Å². The Morgan fingerprint density at radius 2 is 2.00 bits per heavy atom. The van der Waals surface area contributed by atoms with E-state index in [1.165, 1.54) is 0 Å². The highest BCUT2D eigenvalue weighted by molar-refractivity contribution is 5.97. The first-order valence-electron chi connectivity index (χ1n) is 6.14. The lowest BCUT2D eigenvalue weighted by molar-refractivity contribution is 0.0944. The number of fused-ring (bicyclic) bond motifs is 1. The van der Waals surface area contributed by atoms with E-state index in [0.717, 1.165) is 0 Å². The molecule has 1 aromatic heterocycles. The SMILES string of the molecule is CC(CNC(=O)c1ccc2[nH]c(=O)[nH]c2c1)N(C)C. The molecule has 0 spiro atoms. The summed E-state index contributed by atoms with van der Waals surface area (Å²) in [7, 11) is 3.93. The molecular weight excluding hydrogens is 244 g/mol. The molecule has 0 saturated carbocycles. The number of amides is 1. The number of rotatable bonds is 4. The second-order valence-corrected chi connectivity index (χ2v) is 4.86. The molecule has 6 heteroatoms. The quantitative estimate of drug-likeness (QED) is 0.752. The van der Waals surface area contributed by atoms with E-state index in [4.69, 9.17) is 0 Å². The predicted octanol–water partition coefficient (Wildman–Crippen LogP) is 0.536. The second-order valence-electron chi connectivity index (χ2n) is 4.86. The van der Waals surface area contributed by atoms with Crippen molar-refractivity contribution in [2.45, 2.75) is 13.0 Å². The van der Waals surface area contributed by atoms with Gasteiger partial charge in [-0.1, -0.05) is 0 Å². The van der Waals surface area contributed by atoms with Crippen molar-refractivity contribution in [2.75, 3.05) is 20.6 Å². The van der Waals surface area contributed by atoms with E-state index in [0.29, 0.717) is 23.1 Å². The summed E-state index contributed by atoms with van der Waals surface area (Å²) in [5.41, 5.74) is 1.60. The topological polar surface area (TPSA) is 81.0 Å². The van der Waals surface area contributed by atoms with Crippen LogP contribution < -0.4 is 11.0 Å². The minimum absolute atomic E-state index is 0.141. The van der Waals surface area contributed by atoms with Crippen LogP contribution in [0.5, 0.6) is 0 Å². The van der Waals surface area contributed by atoms with Gasteiger partial charge < -0.3 is 20.2 Å². The number of carbonyl (C=O) groups excluding carboxylic acids is 1. The first-order chi connectivity index (χ1) is 8.97. The minimum atomic E-state index is -0.270. The zero-order chi connectivity index (χ0) is 14.0. The highest BCUT2D eigenvalue weighted by atomic mass is 16.2. The number of nitrogens with zero attached hydrogens (tertiary/aromatic N) is 1. The van der Waals surface area contributed by atoms with Gasteiger partial charge in [-0.25, -0.2) is 4.79 Å². The molecular formula is C13H18N4O2. The van der Waals surface area contributed by atoms with Crippen molar-refractivity contribution >= 4 is 16.9 Å². The van der Waals surface area contributed by atoms with Gasteiger partial charge in [-0.2, -0.15) is 0 Å². The zero-order valence-electron chi connectivity index (χ0n) is 11.3. The van der Waals surface area contributed by atoms with E-state index in [2.05, 4.69) is 15.3 Å². The summed E-state index contributed by atoms with van der Waals surface area (Å²) in [6.07, 6.45) is 0. The van der Waals surface area contributed by atoms with Gasteiger partial charge in [0.25, 0.3) is 5.91 Å². The molecule has 0 aliphatic carbocycles. The van der Waals surface area contributed by atoms with E-state index < -0.39 is 0 Å². The fourth-order valence-electron chi connectivity index (χ4n) is 1.70. The van der Waals surface area contributed by atoms with E-state index >= 15 is 0 Å². The van der Waals surface area contributed by atoms with Gasteiger partial charge in [0.1, 0.15) is 0 Å². The van der Waals surface area contributed by atoms with Crippen LogP contribution >= 0.6 is 0 Å². The molecule has 0 saturated heterocycles. The Morgan fingerprint density at radius 1 is 1.32 bits per heavy atom. The van der Waals surface area contributed by atoms with Gasteiger partial charge in [0.05, 0.1) is 11.0 Å². The van der Waals surface area contributed by atoms with E-state index in [9.17, 15) is 9.59 Å². The Balaban J connectivity index is 2.10. The number of benzene rings is 1. The van der Waals surface area contributed by atoms with Crippen LogP contribution in [0.25, 0.3) is 11.0 Å². The third kappa shape index (κ3) is 3.03. The van der Waals surface area contributed by atoms with E-state index in [1.807, 2.05) is 25.9 Å². The summed E-state index contributed by atoms with van der Waals surface area (Å²) < 4.78 is 0. The largest absolute Gasteiger partial charge is 0.350 e. The van der Waals surface area contributed by atoms with Crippen molar-refractivity contribution in [3.05, 3.63) is 34.2 Å². The first kappa shape index (κ1) is 13.4. The molecule has 1 aromatic carbocycles. The number of aromatic amines is 2. The minimum Gasteiger partial charge on any atom is -0.350 e. The fraction of sp³-hybridized carbons (Fsp3) is 0.385. The van der Waals surface area contributed by atoms with Crippen LogP contribution in [0.4, 0.5) is 0 Å². The molecule has 1 unspecified atom stereocenters. The molecule has 6 nitrogen and oxygen atoms in total. The third-order valence-electron chi connectivity index (χ3n) is 3.22. The summed E-state index contributed by atoms with van der Waals surface area (Å²) in [5, 5.41) is 2.87. The molecule has 1 amide bonds. The second kappa shape index (κ2) is 5.27. The lowest BCUT2D eigenvalue weighted by Crippen LogP contribution is -2.38. The molecule has 0 fully saturated rings. The number of aromatic nitrogens is 2. The predicted molar refractivity (Wildman–Crippen MR) is 74.4 cm³/mol. The number of hydrogen-bond donors (Lipinski definition) is 3. The average molecular weight is 262 g/mol. The number of hydrogen-bond acceptors (Lipinski definition) is 3. The summed E-state index contributed by atoms with van der Waals surface area (Å²) in [4.78, 5) is 30.4. The van der Waals surface area contributed by atoms with Crippen LogP contribution in [-0.2, 0) is 0 Å². The van der Waals surface area contributed by atoms with Gasteiger partial charge >= 0.3 is 5.69 Å². The molecule has 0 radical (unpaired) electrons. The summed E-state index contributed by atoms with van der Waals surface area (Å²) >= 11 is 0. The molecule has 1 atom stereocenters. The molecule has 19 heavy (non-hydrogen) atoms. The Labute approximate surface area is 110 Å². The lowest BCUT2D eigenvalue weighted by Gasteiger charge is -2.19. The molecule has 0 bridgehead atoms. The maximum atomic E-state index is 12.0. The number of nitrogens with one attached hydrogen (secondary N) is 3. The Hall–Kier alpha value is -2.08. The maximum absolute atomic E-state index is 12.0. The highest BCUT2D eigenvalue weighted by Gasteiger charge is 2.10. The fourth-order valence-corrected chi connectivity index (χ4v) is 1.70. The molecule has 0 aliphatic rings. The molecule has 2 aromatic rings. The zero-order valence-corrected chi connectivity index (χ0v) is 11.3. The van der Waals surface area contributed by atoms with Crippen LogP contribution in [-0.4, -0.2) is 47.5 Å². The third-order valence-corrected chi connectivity index (χ3v) is 3.22. The van der Waals surface area contributed by atoms with Crippen LogP contribution in [0.15, 0.2) is 23.0 Å². The van der Waals surface area contributed by atoms with Gasteiger partial charge in [-0.15, -0.1) is 0 Å². The monoisotopic (exact) mass is 262 g/mol. The van der Waals surface area contributed by atoms with Gasteiger partial charge in [0.15, 0.2) is 0 Å². The van der Waals surface area contributed by atoms with Gasteiger partial charge in [-0.05, 0) is 39.2 Å². The Kier molecular flexibility index (Phi) is 3.71.